The van der Waals surface area contributed by atoms with Gasteiger partial charge in [0, 0.05) is 41.7 Å². The van der Waals surface area contributed by atoms with Crippen LogP contribution in [0.2, 0.25) is 5.02 Å². The molecule has 4 nitrogen and oxygen atoms in total. The number of carbonyl (C=O) groups excluding carboxylic acids is 1. The molecule has 0 saturated heterocycles. The van der Waals surface area contributed by atoms with E-state index in [2.05, 4.69) is 39.2 Å². The Bertz CT molecular complexity index is 973. The number of halogens is 1. The van der Waals surface area contributed by atoms with Crippen molar-refractivity contribution < 1.29 is 4.79 Å². The zero-order valence-corrected chi connectivity index (χ0v) is 17.3. The monoisotopic (exact) mass is 411 g/mol. The molecule has 0 aliphatic heterocycles. The number of nitrogens with zero attached hydrogens (tertiary/aromatic N) is 2. The van der Waals surface area contributed by atoms with Gasteiger partial charge in [0.1, 0.15) is 11.5 Å². The summed E-state index contributed by atoms with van der Waals surface area (Å²) in [6, 6.07) is 10.5. The molecule has 6 heteroatoms. The topological polar surface area (TPSA) is 58.6 Å². The standard InChI is InChI=1S/C22H22ClN3OS/c1-28-22-7-3-15(12-18(22)23)17(11-14-2-4-16(27)10-14)19-5-6-20(26-19)21-13-24-8-9-25-21/h3,5-9,12-14,17,26H,2,4,10-11H2,1H3/t14-,17?/m0/s1. The molecule has 1 aliphatic rings. The molecular weight excluding hydrogens is 390 g/mol. The average molecular weight is 412 g/mol. The van der Waals surface area contributed by atoms with E-state index in [1.165, 1.54) is 5.56 Å². The molecule has 1 saturated carbocycles. The molecule has 2 aromatic heterocycles. The highest BCUT2D eigenvalue weighted by Gasteiger charge is 2.27. The first-order chi connectivity index (χ1) is 13.6. The van der Waals surface area contributed by atoms with Crippen LogP contribution in [0.25, 0.3) is 11.4 Å². The summed E-state index contributed by atoms with van der Waals surface area (Å²) in [5, 5.41) is 0.776. The minimum Gasteiger partial charge on any atom is -0.357 e. The average Bonchev–Trinajstić information content (AvgIpc) is 3.36. The van der Waals surface area contributed by atoms with Gasteiger partial charge >= 0.3 is 0 Å². The third kappa shape index (κ3) is 4.15. The lowest BCUT2D eigenvalue weighted by Crippen LogP contribution is -2.08. The highest BCUT2D eigenvalue weighted by molar-refractivity contribution is 7.98. The van der Waals surface area contributed by atoms with Crippen molar-refractivity contribution in [1.82, 2.24) is 15.0 Å². The summed E-state index contributed by atoms with van der Waals surface area (Å²) >= 11 is 8.15. The van der Waals surface area contributed by atoms with Gasteiger partial charge < -0.3 is 4.98 Å². The lowest BCUT2D eigenvalue weighted by Gasteiger charge is -2.21. The molecule has 1 fully saturated rings. The van der Waals surface area contributed by atoms with Crippen molar-refractivity contribution in [2.24, 2.45) is 5.92 Å². The number of ketones is 1. The quantitative estimate of drug-likeness (QED) is 0.525. The third-order valence-electron chi connectivity index (χ3n) is 5.42. The van der Waals surface area contributed by atoms with Gasteiger partial charge in [0.25, 0.3) is 0 Å². The number of carbonyl (C=O) groups is 1. The summed E-state index contributed by atoms with van der Waals surface area (Å²) in [6.45, 7) is 0. The first-order valence-electron chi connectivity index (χ1n) is 9.44. The van der Waals surface area contributed by atoms with Gasteiger partial charge in [-0.1, -0.05) is 17.7 Å². The molecule has 0 radical (unpaired) electrons. The lowest BCUT2D eigenvalue weighted by molar-refractivity contribution is -0.117. The largest absolute Gasteiger partial charge is 0.357 e. The molecule has 2 atom stereocenters. The molecular formula is C22H22ClN3OS. The van der Waals surface area contributed by atoms with E-state index in [0.29, 0.717) is 24.5 Å². The van der Waals surface area contributed by atoms with E-state index in [0.717, 1.165) is 39.8 Å². The van der Waals surface area contributed by atoms with Gasteiger partial charge in [0.2, 0.25) is 0 Å². The van der Waals surface area contributed by atoms with Gasteiger partial charge in [0.15, 0.2) is 0 Å². The van der Waals surface area contributed by atoms with E-state index in [9.17, 15) is 4.79 Å². The summed E-state index contributed by atoms with van der Waals surface area (Å²) < 4.78 is 0. The van der Waals surface area contributed by atoms with E-state index in [1.54, 1.807) is 30.4 Å². The summed E-state index contributed by atoms with van der Waals surface area (Å²) in [5.41, 5.74) is 4.06. The minimum absolute atomic E-state index is 0.162. The number of aromatic amines is 1. The maximum Gasteiger partial charge on any atom is 0.133 e. The van der Waals surface area contributed by atoms with Crippen LogP contribution in [0.4, 0.5) is 0 Å². The number of benzene rings is 1. The number of hydrogen-bond acceptors (Lipinski definition) is 4. The van der Waals surface area contributed by atoms with Crippen molar-refractivity contribution in [1.29, 1.82) is 0 Å². The number of hydrogen-bond donors (Lipinski definition) is 1. The molecule has 1 N–H and O–H groups in total. The van der Waals surface area contributed by atoms with Gasteiger partial charge in [-0.2, -0.15) is 0 Å². The Kier molecular flexibility index (Phi) is 5.83. The van der Waals surface area contributed by atoms with Crippen molar-refractivity contribution in [3.05, 3.63) is 65.2 Å². The maximum atomic E-state index is 11.8. The normalized spacial score (nSPS) is 17.8. The summed E-state index contributed by atoms with van der Waals surface area (Å²) in [4.78, 5) is 24.9. The molecule has 3 aromatic rings. The summed E-state index contributed by atoms with van der Waals surface area (Å²) in [6.07, 6.45) is 10.4. The molecule has 1 aliphatic carbocycles. The highest BCUT2D eigenvalue weighted by Crippen LogP contribution is 2.39. The van der Waals surface area contributed by atoms with Crippen molar-refractivity contribution >= 4 is 29.1 Å². The van der Waals surface area contributed by atoms with Crippen molar-refractivity contribution in [3.8, 4) is 11.4 Å². The van der Waals surface area contributed by atoms with Crippen LogP contribution in [-0.4, -0.2) is 27.0 Å². The molecule has 0 spiro atoms. The van der Waals surface area contributed by atoms with Crippen LogP contribution in [0, 0.1) is 5.92 Å². The predicted molar refractivity (Wildman–Crippen MR) is 114 cm³/mol. The smallest absolute Gasteiger partial charge is 0.133 e. The molecule has 2 heterocycles. The van der Waals surface area contributed by atoms with Crippen molar-refractivity contribution in [2.75, 3.05) is 6.26 Å². The Morgan fingerprint density at radius 2 is 2.18 bits per heavy atom. The second kappa shape index (κ2) is 8.50. The fraction of sp³-hybridized carbons (Fsp3) is 0.318. The zero-order valence-electron chi connectivity index (χ0n) is 15.7. The molecule has 4 rings (SSSR count). The van der Waals surface area contributed by atoms with E-state index >= 15 is 0 Å². The molecule has 0 bridgehead atoms. The molecule has 1 aromatic carbocycles. The minimum atomic E-state index is 0.162. The predicted octanol–water partition coefficient (Wildman–Crippen LogP) is 5.74. The first-order valence-corrected chi connectivity index (χ1v) is 11.0. The zero-order chi connectivity index (χ0) is 19.5. The Balaban J connectivity index is 1.68. The Labute approximate surface area is 174 Å². The number of aromatic nitrogens is 3. The van der Waals surface area contributed by atoms with Crippen LogP contribution < -0.4 is 0 Å². The van der Waals surface area contributed by atoms with E-state index in [1.807, 2.05) is 12.3 Å². The number of rotatable bonds is 6. The van der Waals surface area contributed by atoms with Crippen LogP contribution in [0.15, 0.2) is 53.8 Å². The van der Waals surface area contributed by atoms with Gasteiger partial charge in [-0.25, -0.2) is 0 Å². The Morgan fingerprint density at radius 1 is 1.29 bits per heavy atom. The SMILES string of the molecule is CSc1ccc(C(C[C@H]2CCC(=O)C2)c2ccc(-c3cnccn3)[nH]2)cc1Cl. The van der Waals surface area contributed by atoms with Crippen LogP contribution in [-0.2, 0) is 4.79 Å². The van der Waals surface area contributed by atoms with Crippen molar-refractivity contribution in [2.45, 2.75) is 36.5 Å². The van der Waals surface area contributed by atoms with Crippen LogP contribution in [0.3, 0.4) is 0 Å². The van der Waals surface area contributed by atoms with Gasteiger partial charge in [-0.3, -0.25) is 14.8 Å². The van der Waals surface area contributed by atoms with E-state index < -0.39 is 0 Å². The highest BCUT2D eigenvalue weighted by atomic mass is 35.5. The number of thioether (sulfide) groups is 1. The van der Waals surface area contributed by atoms with Gasteiger partial charge in [0.05, 0.1) is 16.9 Å². The fourth-order valence-electron chi connectivity index (χ4n) is 3.97. The van der Waals surface area contributed by atoms with Crippen molar-refractivity contribution in [3.63, 3.8) is 0 Å². The molecule has 1 unspecified atom stereocenters. The maximum absolute atomic E-state index is 11.8. The van der Waals surface area contributed by atoms with Gasteiger partial charge in [-0.15, -0.1) is 11.8 Å². The summed E-state index contributed by atoms with van der Waals surface area (Å²) in [7, 11) is 0. The van der Waals surface area contributed by atoms with E-state index in [4.69, 9.17) is 11.6 Å². The number of nitrogens with one attached hydrogen (secondary N) is 1. The van der Waals surface area contributed by atoms with Crippen LogP contribution in [0.5, 0.6) is 0 Å². The summed E-state index contributed by atoms with van der Waals surface area (Å²) in [5.74, 6) is 0.959. The second-order valence-electron chi connectivity index (χ2n) is 7.25. The van der Waals surface area contributed by atoms with Crippen LogP contribution in [0.1, 0.15) is 42.9 Å². The lowest BCUT2D eigenvalue weighted by atomic mass is 9.86. The fourth-order valence-corrected chi connectivity index (χ4v) is 4.85. The second-order valence-corrected chi connectivity index (χ2v) is 8.50. The molecule has 28 heavy (non-hydrogen) atoms. The Hall–Kier alpha value is -2.11. The molecule has 144 valence electrons. The van der Waals surface area contributed by atoms with Gasteiger partial charge in [-0.05, 0) is 54.8 Å². The number of Topliss-reactive ketones (excluding diaryl/α,β-unsaturated/α-hetero) is 1. The molecule has 0 amide bonds. The van der Waals surface area contributed by atoms with E-state index in [-0.39, 0.29) is 5.92 Å². The Morgan fingerprint density at radius 3 is 2.86 bits per heavy atom. The third-order valence-corrected chi connectivity index (χ3v) is 6.64. The number of H-pyrrole nitrogens is 1. The first kappa shape index (κ1) is 19.2. The van der Waals surface area contributed by atoms with Crippen LogP contribution >= 0.6 is 23.4 Å².